The van der Waals surface area contributed by atoms with Gasteiger partial charge in [-0.05, 0) is 280 Å². The SMILES string of the molecule is Cc1ccc([Si](c2ccc(C)cc2)(c2ccc(C)cc2)c2ccc(-c3ccc(N(c4ccc(-c5cc(C(C)C)c6ccc7c(-c8ccc(N(c9ccc(-c%10ccc([Si](c%11ccc(C)cc%11)(c%11ccc(C)cc%11)c%11ccc(C)cc%11)cc%10)cc9)c9ccc%10c(c9)oc9ccccc9%10)cc8)cc(C(C)C)c8ccc5c6c78)cc4)c4ccc5c(c4)oc4ccccc45)cc3)cc2)cc1. The summed E-state index contributed by atoms with van der Waals surface area (Å²) < 4.78 is 13.3. The van der Waals surface area contributed by atoms with Crippen LogP contribution in [0.4, 0.5) is 34.1 Å². The molecule has 6 heteroatoms. The normalized spacial score (nSPS) is 12.1. The van der Waals surface area contributed by atoms with Crippen LogP contribution >= 0.6 is 0 Å². The predicted octanol–water partition coefficient (Wildman–Crippen LogP) is 28.8. The molecule has 626 valence electrons. The van der Waals surface area contributed by atoms with Crippen molar-refractivity contribution < 1.29 is 8.83 Å². The third-order valence-electron chi connectivity index (χ3n) is 27.8. The molecule has 0 spiro atoms. The maximum absolute atomic E-state index is 6.66. The van der Waals surface area contributed by atoms with Gasteiger partial charge in [0.2, 0.25) is 0 Å². The topological polar surface area (TPSA) is 32.8 Å². The van der Waals surface area contributed by atoms with E-state index in [0.717, 1.165) is 100 Å². The van der Waals surface area contributed by atoms with Crippen LogP contribution in [0.3, 0.4) is 0 Å². The molecule has 0 amide bonds. The zero-order valence-corrected chi connectivity index (χ0v) is 77.1. The van der Waals surface area contributed by atoms with E-state index in [4.69, 9.17) is 8.83 Å². The first-order chi connectivity index (χ1) is 63.5. The number of aryl methyl sites for hydroxylation is 6. The summed E-state index contributed by atoms with van der Waals surface area (Å²) in [7, 11) is -5.55. The lowest BCUT2D eigenvalue weighted by Crippen LogP contribution is -2.74. The number of nitrogens with zero attached hydrogens (tertiary/aromatic N) is 2. The Labute approximate surface area is 763 Å². The van der Waals surface area contributed by atoms with Crippen molar-refractivity contribution in [2.45, 2.75) is 81.1 Å². The summed E-state index contributed by atoms with van der Waals surface area (Å²) >= 11 is 0. The molecule has 20 aromatic carbocycles. The van der Waals surface area contributed by atoms with Gasteiger partial charge in [-0.15, -0.1) is 0 Å². The molecule has 0 atom stereocenters. The van der Waals surface area contributed by atoms with E-state index in [9.17, 15) is 0 Å². The maximum atomic E-state index is 6.66. The number of para-hydroxylation sites is 2. The predicted molar refractivity (Wildman–Crippen MR) is 560 cm³/mol. The largest absolute Gasteiger partial charge is 0.456 e. The lowest BCUT2D eigenvalue weighted by Gasteiger charge is -2.35. The van der Waals surface area contributed by atoms with Crippen molar-refractivity contribution in [2.75, 3.05) is 9.80 Å². The highest BCUT2D eigenvalue weighted by atomic mass is 28.3. The zero-order valence-electron chi connectivity index (χ0n) is 75.1. The number of anilines is 6. The van der Waals surface area contributed by atoms with Crippen molar-refractivity contribution in [3.63, 3.8) is 0 Å². The second kappa shape index (κ2) is 32.7. The highest BCUT2D eigenvalue weighted by Crippen LogP contribution is 2.50. The van der Waals surface area contributed by atoms with Gasteiger partial charge in [-0.1, -0.05) is 364 Å². The minimum absolute atomic E-state index is 0.250. The molecule has 2 aromatic heterocycles. The van der Waals surface area contributed by atoms with Gasteiger partial charge in [0.05, 0.1) is 0 Å². The van der Waals surface area contributed by atoms with E-state index in [1.165, 1.54) is 141 Å². The van der Waals surface area contributed by atoms with Crippen LogP contribution in [0.15, 0.2) is 421 Å². The molecule has 0 saturated heterocycles. The van der Waals surface area contributed by atoms with Crippen molar-refractivity contribution in [2.24, 2.45) is 0 Å². The smallest absolute Gasteiger partial charge is 0.179 e. The molecule has 0 N–H and O–H groups in total. The molecular weight excluding hydrogens is 1610 g/mol. The molecule has 0 bridgehead atoms. The average molecular weight is 1710 g/mol. The zero-order chi connectivity index (χ0) is 88.2. The second-order valence-electron chi connectivity index (χ2n) is 36.7. The van der Waals surface area contributed by atoms with Crippen LogP contribution in [-0.4, -0.2) is 16.1 Å². The molecule has 22 rings (SSSR count). The third-order valence-corrected chi connectivity index (χ3v) is 37.4. The average Bonchev–Trinajstić information content (AvgIpc) is 0.863. The first-order valence-electron chi connectivity index (χ1n) is 45.8. The van der Waals surface area contributed by atoms with Crippen LogP contribution < -0.4 is 51.3 Å². The van der Waals surface area contributed by atoms with Crippen molar-refractivity contribution in [1.29, 1.82) is 0 Å². The lowest BCUT2D eigenvalue weighted by atomic mass is 9.81. The molecule has 0 saturated carbocycles. The van der Waals surface area contributed by atoms with Crippen molar-refractivity contribution >= 4 is 168 Å². The van der Waals surface area contributed by atoms with Gasteiger partial charge in [0, 0.05) is 67.8 Å². The fraction of sp³-hybridized carbons (Fsp3) is 0.0968. The summed E-state index contributed by atoms with van der Waals surface area (Å²) in [5.41, 5.74) is 29.3. The van der Waals surface area contributed by atoms with Gasteiger partial charge in [0.25, 0.3) is 0 Å². The van der Waals surface area contributed by atoms with E-state index in [1.807, 2.05) is 12.1 Å². The molecule has 0 unspecified atom stereocenters. The summed E-state index contributed by atoms with van der Waals surface area (Å²) in [6.45, 7) is 22.5. The summed E-state index contributed by atoms with van der Waals surface area (Å²) in [5.74, 6) is 0.500. The molecule has 0 radical (unpaired) electrons. The van der Waals surface area contributed by atoms with E-state index in [-0.39, 0.29) is 11.8 Å². The van der Waals surface area contributed by atoms with Gasteiger partial charge < -0.3 is 18.6 Å². The molecule has 0 aliphatic rings. The van der Waals surface area contributed by atoms with Gasteiger partial charge in [0.1, 0.15) is 22.3 Å². The Morgan fingerprint density at radius 2 is 0.408 bits per heavy atom. The number of fused-ring (bicyclic) bond motifs is 6. The summed E-state index contributed by atoms with van der Waals surface area (Å²) in [5, 5.41) is 23.1. The molecule has 0 aliphatic carbocycles. The molecule has 130 heavy (non-hydrogen) atoms. The number of hydrogen-bond donors (Lipinski definition) is 0. The van der Waals surface area contributed by atoms with Gasteiger partial charge in [0.15, 0.2) is 16.1 Å². The number of benzene rings is 20. The summed E-state index contributed by atoms with van der Waals surface area (Å²) in [6.07, 6.45) is 0. The fourth-order valence-corrected chi connectivity index (χ4v) is 30.2. The fourth-order valence-electron chi connectivity index (χ4n) is 20.9. The van der Waals surface area contributed by atoms with Gasteiger partial charge >= 0.3 is 0 Å². The monoisotopic (exact) mass is 1700 g/mol. The first kappa shape index (κ1) is 80.9. The summed E-state index contributed by atoms with van der Waals surface area (Å²) in [6, 6.07) is 157. The van der Waals surface area contributed by atoms with E-state index >= 15 is 0 Å². The molecule has 0 aliphatic heterocycles. The van der Waals surface area contributed by atoms with Crippen LogP contribution in [0.5, 0.6) is 0 Å². The minimum Gasteiger partial charge on any atom is -0.456 e. The van der Waals surface area contributed by atoms with Crippen molar-refractivity contribution in [1.82, 2.24) is 0 Å². The Bertz CT molecular complexity index is 7290. The van der Waals surface area contributed by atoms with E-state index in [1.54, 1.807) is 0 Å². The third kappa shape index (κ3) is 14.0. The molecule has 2 heterocycles. The van der Waals surface area contributed by atoms with E-state index in [2.05, 4.69) is 479 Å². The second-order valence-corrected chi connectivity index (χ2v) is 44.3. The van der Waals surface area contributed by atoms with Crippen LogP contribution in [0.1, 0.15) is 84.0 Å². The summed E-state index contributed by atoms with van der Waals surface area (Å²) in [4.78, 5) is 4.76. The van der Waals surface area contributed by atoms with Crippen LogP contribution in [0.2, 0.25) is 0 Å². The number of furan rings is 2. The quantitative estimate of drug-likeness (QED) is 0.0433. The van der Waals surface area contributed by atoms with Crippen LogP contribution in [0.25, 0.3) is 121 Å². The van der Waals surface area contributed by atoms with Gasteiger partial charge in [-0.2, -0.15) is 0 Å². The molecule has 0 fully saturated rings. The Hall–Kier alpha value is -14.9. The van der Waals surface area contributed by atoms with Crippen molar-refractivity contribution in [3.8, 4) is 44.5 Å². The number of rotatable bonds is 20. The van der Waals surface area contributed by atoms with Crippen molar-refractivity contribution in [3.05, 3.63) is 457 Å². The first-order valence-corrected chi connectivity index (χ1v) is 49.8. The molecular formula is C124H100N2O2Si2. The molecule has 4 nitrogen and oxygen atoms in total. The van der Waals surface area contributed by atoms with E-state index in [0.29, 0.717) is 0 Å². The van der Waals surface area contributed by atoms with Gasteiger partial charge in [-0.3, -0.25) is 0 Å². The minimum atomic E-state index is -2.78. The lowest BCUT2D eigenvalue weighted by molar-refractivity contribution is 0.668. The highest BCUT2D eigenvalue weighted by molar-refractivity contribution is 7.20. The Balaban J connectivity index is 0.616. The van der Waals surface area contributed by atoms with Gasteiger partial charge in [-0.25, -0.2) is 0 Å². The Kier molecular flexibility index (Phi) is 20.4. The molecule has 22 aromatic rings. The van der Waals surface area contributed by atoms with E-state index < -0.39 is 16.1 Å². The van der Waals surface area contributed by atoms with Crippen LogP contribution in [0, 0.1) is 41.5 Å². The van der Waals surface area contributed by atoms with Crippen LogP contribution in [-0.2, 0) is 0 Å². The maximum Gasteiger partial charge on any atom is 0.179 e. The highest BCUT2D eigenvalue weighted by Gasteiger charge is 2.43. The standard InChI is InChI=1S/C124H100N2O2Si2/c1-79(2)115-77-117(91-35-47-95(48-36-91)125(97-51-69-109-107-15-11-13-17-119(107)127-121(109)75-97)93-43-31-87(32-44-93)89-39-65-105(66-40-89)129(99-53-19-81(5)20-54-99,100-55-21-82(6)22-56-100)101-57-23-83(7)24-58-101)113-74-72-112-116(80(3)4)78-118(114-73-71-111(115)123(113)124(112)114)92-37-49-96(50-38-92)126(98-52-70-110-108-16-12-14-18-120(108)128-122(110)76-98)94-45-33-88(34-46-94)90-41-67-106(68-42-90)130(102-59-25-84(8)26-60-102,103-61-27-85(9)28-62-103)104-63-29-86(10)30-64-104/h11-80H,1-10H3. The Morgan fingerprint density at radius 3 is 0.677 bits per heavy atom. The Morgan fingerprint density at radius 1 is 0.192 bits per heavy atom. The number of hydrogen-bond acceptors (Lipinski definition) is 4.